The quantitative estimate of drug-likeness (QED) is 0.701. The summed E-state index contributed by atoms with van der Waals surface area (Å²) in [6, 6.07) is 13.1. The fourth-order valence-electron chi connectivity index (χ4n) is 3.51. The van der Waals surface area contributed by atoms with Gasteiger partial charge >= 0.3 is 0 Å². The van der Waals surface area contributed by atoms with Crippen LogP contribution in [0.3, 0.4) is 0 Å². The van der Waals surface area contributed by atoms with Gasteiger partial charge in [-0.25, -0.2) is 0 Å². The number of methoxy groups -OCH3 is 2. The largest absolute Gasteiger partial charge is 0.497 e. The van der Waals surface area contributed by atoms with Crippen LogP contribution in [-0.2, 0) is 6.54 Å². The summed E-state index contributed by atoms with van der Waals surface area (Å²) in [7, 11) is 3.30. The molecule has 0 amide bonds. The molecule has 0 unspecified atom stereocenters. The number of halogens is 1. The standard InChI is InChI=1S/C21H24ClNO3/c1-25-19-9-15(10-20(12-19)26-2)13-23-8-4-6-17(14-23)21(24)16-5-3-7-18(22)11-16/h3,5,7,9-12,17H,4,6,8,13-14H2,1-2H3/t17-/m1/s1. The Labute approximate surface area is 159 Å². The Hall–Kier alpha value is -2.04. The summed E-state index contributed by atoms with van der Waals surface area (Å²) in [6.07, 6.45) is 1.93. The van der Waals surface area contributed by atoms with E-state index in [0.29, 0.717) is 10.6 Å². The number of benzene rings is 2. The smallest absolute Gasteiger partial charge is 0.167 e. The molecule has 26 heavy (non-hydrogen) atoms. The first-order valence-electron chi connectivity index (χ1n) is 8.83. The van der Waals surface area contributed by atoms with E-state index in [1.807, 2.05) is 30.3 Å². The SMILES string of the molecule is COc1cc(CN2CCC[C@@H](C(=O)c3cccc(Cl)c3)C2)cc(OC)c1. The molecule has 0 aromatic heterocycles. The maximum Gasteiger partial charge on any atom is 0.167 e. The van der Waals surface area contributed by atoms with Gasteiger partial charge in [0.15, 0.2) is 5.78 Å². The summed E-state index contributed by atoms with van der Waals surface area (Å²) < 4.78 is 10.7. The van der Waals surface area contributed by atoms with Crippen molar-refractivity contribution in [2.75, 3.05) is 27.3 Å². The van der Waals surface area contributed by atoms with Gasteiger partial charge in [-0.15, -0.1) is 0 Å². The zero-order valence-electron chi connectivity index (χ0n) is 15.2. The lowest BCUT2D eigenvalue weighted by atomic mass is 9.90. The number of nitrogens with zero attached hydrogens (tertiary/aromatic N) is 1. The van der Waals surface area contributed by atoms with Crippen LogP contribution in [0.5, 0.6) is 11.5 Å². The zero-order valence-corrected chi connectivity index (χ0v) is 16.0. The minimum Gasteiger partial charge on any atom is -0.497 e. The minimum absolute atomic E-state index is 0.00900. The summed E-state index contributed by atoms with van der Waals surface area (Å²) in [5.74, 6) is 1.75. The maximum absolute atomic E-state index is 12.8. The molecule has 0 aliphatic carbocycles. The number of carbonyl (C=O) groups excluding carboxylic acids is 1. The van der Waals surface area contributed by atoms with Crippen molar-refractivity contribution in [3.8, 4) is 11.5 Å². The third-order valence-electron chi connectivity index (χ3n) is 4.80. The van der Waals surface area contributed by atoms with Crippen LogP contribution in [0.1, 0.15) is 28.8 Å². The van der Waals surface area contributed by atoms with E-state index < -0.39 is 0 Å². The van der Waals surface area contributed by atoms with Crippen LogP contribution in [-0.4, -0.2) is 38.0 Å². The molecular formula is C21H24ClNO3. The van der Waals surface area contributed by atoms with Gasteiger partial charge in [0.2, 0.25) is 0 Å². The number of hydrogen-bond acceptors (Lipinski definition) is 4. The van der Waals surface area contributed by atoms with Gasteiger partial charge in [0.1, 0.15) is 11.5 Å². The van der Waals surface area contributed by atoms with Gasteiger partial charge in [0.25, 0.3) is 0 Å². The van der Waals surface area contributed by atoms with Crippen molar-refractivity contribution in [2.45, 2.75) is 19.4 Å². The molecule has 0 saturated carbocycles. The molecule has 0 spiro atoms. The molecule has 0 bridgehead atoms. The minimum atomic E-state index is 0.00900. The van der Waals surface area contributed by atoms with E-state index >= 15 is 0 Å². The predicted octanol–water partition coefficient (Wildman–Crippen LogP) is 4.45. The summed E-state index contributed by atoms with van der Waals surface area (Å²) in [5, 5.41) is 0.604. The van der Waals surface area contributed by atoms with Gasteiger partial charge in [-0.1, -0.05) is 23.7 Å². The van der Waals surface area contributed by atoms with Crippen molar-refractivity contribution >= 4 is 17.4 Å². The van der Waals surface area contributed by atoms with E-state index in [9.17, 15) is 4.79 Å². The number of piperidine rings is 1. The fraction of sp³-hybridized carbons (Fsp3) is 0.381. The second-order valence-corrected chi connectivity index (χ2v) is 7.11. The van der Waals surface area contributed by atoms with Crippen LogP contribution in [0.2, 0.25) is 5.02 Å². The molecular weight excluding hydrogens is 350 g/mol. The van der Waals surface area contributed by atoms with Crippen molar-refractivity contribution < 1.29 is 14.3 Å². The number of carbonyl (C=O) groups is 1. The lowest BCUT2D eigenvalue weighted by molar-refractivity contribution is 0.0811. The second kappa shape index (κ2) is 8.56. The normalized spacial score (nSPS) is 17.7. The molecule has 1 fully saturated rings. The molecule has 1 atom stereocenters. The highest BCUT2D eigenvalue weighted by Gasteiger charge is 2.26. The summed E-state index contributed by atoms with van der Waals surface area (Å²) in [6.45, 7) is 2.51. The Kier molecular flexibility index (Phi) is 6.17. The third kappa shape index (κ3) is 4.57. The fourth-order valence-corrected chi connectivity index (χ4v) is 3.70. The first-order valence-corrected chi connectivity index (χ1v) is 9.21. The van der Waals surface area contributed by atoms with Crippen molar-refractivity contribution in [3.63, 3.8) is 0 Å². The van der Waals surface area contributed by atoms with Gasteiger partial charge in [0.05, 0.1) is 14.2 Å². The Bertz CT molecular complexity index is 755. The average Bonchev–Trinajstić information content (AvgIpc) is 2.67. The molecule has 3 rings (SSSR count). The number of hydrogen-bond donors (Lipinski definition) is 0. The van der Waals surface area contributed by atoms with Crippen molar-refractivity contribution in [1.29, 1.82) is 0 Å². The van der Waals surface area contributed by atoms with Crippen molar-refractivity contribution in [2.24, 2.45) is 5.92 Å². The van der Waals surface area contributed by atoms with E-state index in [0.717, 1.165) is 49.5 Å². The maximum atomic E-state index is 12.8. The second-order valence-electron chi connectivity index (χ2n) is 6.67. The molecule has 2 aromatic carbocycles. The average molecular weight is 374 g/mol. The number of likely N-dealkylation sites (tertiary alicyclic amines) is 1. The highest BCUT2D eigenvalue weighted by molar-refractivity contribution is 6.31. The van der Waals surface area contributed by atoms with Crippen LogP contribution in [0.25, 0.3) is 0 Å². The highest BCUT2D eigenvalue weighted by Crippen LogP contribution is 2.27. The zero-order chi connectivity index (χ0) is 18.5. The lowest BCUT2D eigenvalue weighted by Gasteiger charge is -2.32. The van der Waals surface area contributed by atoms with Crippen molar-refractivity contribution in [1.82, 2.24) is 4.90 Å². The van der Waals surface area contributed by atoms with Crippen LogP contribution in [0.4, 0.5) is 0 Å². The molecule has 1 saturated heterocycles. The van der Waals surface area contributed by atoms with Crippen LogP contribution in [0, 0.1) is 5.92 Å². The molecule has 5 heteroatoms. The third-order valence-corrected chi connectivity index (χ3v) is 5.04. The molecule has 0 radical (unpaired) electrons. The first-order chi connectivity index (χ1) is 12.6. The lowest BCUT2D eigenvalue weighted by Crippen LogP contribution is -2.38. The molecule has 1 aliphatic heterocycles. The molecule has 4 nitrogen and oxygen atoms in total. The van der Waals surface area contributed by atoms with E-state index in [2.05, 4.69) is 4.90 Å². The molecule has 138 valence electrons. The molecule has 1 heterocycles. The Balaban J connectivity index is 1.70. The molecule has 0 N–H and O–H groups in total. The van der Waals surface area contributed by atoms with E-state index in [-0.39, 0.29) is 11.7 Å². The van der Waals surface area contributed by atoms with Crippen LogP contribution >= 0.6 is 11.6 Å². The highest BCUT2D eigenvalue weighted by atomic mass is 35.5. The predicted molar refractivity (Wildman–Crippen MR) is 103 cm³/mol. The Morgan fingerprint density at radius 2 is 1.88 bits per heavy atom. The van der Waals surface area contributed by atoms with Gasteiger partial charge in [-0.3, -0.25) is 9.69 Å². The van der Waals surface area contributed by atoms with E-state index in [1.165, 1.54) is 0 Å². The number of Topliss-reactive ketones (excluding diaryl/α,β-unsaturated/α-hetero) is 1. The first kappa shape index (κ1) is 18.7. The summed E-state index contributed by atoms with van der Waals surface area (Å²) in [4.78, 5) is 15.1. The molecule has 1 aliphatic rings. The topological polar surface area (TPSA) is 38.8 Å². The summed E-state index contributed by atoms with van der Waals surface area (Å²) in [5.41, 5.74) is 1.82. The molecule has 2 aromatic rings. The van der Waals surface area contributed by atoms with E-state index in [1.54, 1.807) is 26.4 Å². The monoisotopic (exact) mass is 373 g/mol. The van der Waals surface area contributed by atoms with Crippen LogP contribution in [0.15, 0.2) is 42.5 Å². The van der Waals surface area contributed by atoms with Crippen molar-refractivity contribution in [3.05, 3.63) is 58.6 Å². The van der Waals surface area contributed by atoms with Gasteiger partial charge < -0.3 is 9.47 Å². The number of ether oxygens (including phenoxy) is 2. The Morgan fingerprint density at radius 3 is 2.54 bits per heavy atom. The summed E-state index contributed by atoms with van der Waals surface area (Å²) >= 11 is 6.03. The van der Waals surface area contributed by atoms with E-state index in [4.69, 9.17) is 21.1 Å². The number of rotatable bonds is 6. The van der Waals surface area contributed by atoms with Gasteiger partial charge in [0, 0.05) is 35.7 Å². The van der Waals surface area contributed by atoms with Gasteiger partial charge in [-0.2, -0.15) is 0 Å². The van der Waals surface area contributed by atoms with Crippen LogP contribution < -0.4 is 9.47 Å². The Morgan fingerprint density at radius 1 is 1.15 bits per heavy atom. The van der Waals surface area contributed by atoms with Gasteiger partial charge in [-0.05, 0) is 49.2 Å². The number of ketones is 1.